The second kappa shape index (κ2) is 4.56. The van der Waals surface area contributed by atoms with Gasteiger partial charge in [-0.25, -0.2) is 0 Å². The van der Waals surface area contributed by atoms with Crippen molar-refractivity contribution < 1.29 is 0 Å². The van der Waals surface area contributed by atoms with Crippen LogP contribution < -0.4 is 0 Å². The van der Waals surface area contributed by atoms with Crippen molar-refractivity contribution in [2.75, 3.05) is 5.75 Å². The fourth-order valence-corrected chi connectivity index (χ4v) is 3.97. The molecule has 2 aromatic carbocycles. The number of hydrogen-bond acceptors (Lipinski definition) is 1. The highest BCUT2D eigenvalue weighted by Crippen LogP contribution is 2.44. The van der Waals surface area contributed by atoms with Crippen molar-refractivity contribution in [3.05, 3.63) is 48.5 Å². The summed E-state index contributed by atoms with van der Waals surface area (Å²) in [6.45, 7) is 1.10. The van der Waals surface area contributed by atoms with Gasteiger partial charge in [0.25, 0.3) is 0 Å². The number of aromatic nitrogens is 1. The highest BCUT2D eigenvalue weighted by molar-refractivity contribution is 7.80. The number of rotatable bonds is 3. The van der Waals surface area contributed by atoms with Crippen LogP contribution in [0, 0.1) is 5.41 Å². The largest absolute Gasteiger partial charge is 0.340 e. The average molecular weight is 281 g/mol. The quantitative estimate of drug-likeness (QED) is 0.652. The van der Waals surface area contributed by atoms with E-state index < -0.39 is 0 Å². The van der Waals surface area contributed by atoms with Gasteiger partial charge in [0.2, 0.25) is 0 Å². The fourth-order valence-electron chi connectivity index (χ4n) is 3.55. The van der Waals surface area contributed by atoms with E-state index in [-0.39, 0.29) is 0 Å². The molecule has 2 heteroatoms. The Hall–Kier alpha value is -1.41. The molecule has 0 spiro atoms. The molecule has 3 aromatic rings. The van der Waals surface area contributed by atoms with E-state index in [2.05, 4.69) is 65.7 Å². The van der Waals surface area contributed by atoms with Crippen molar-refractivity contribution in [2.45, 2.75) is 25.8 Å². The van der Waals surface area contributed by atoms with E-state index in [0.717, 1.165) is 12.3 Å². The molecule has 1 saturated carbocycles. The van der Waals surface area contributed by atoms with Crippen LogP contribution in [0.15, 0.2) is 48.5 Å². The molecule has 1 aliphatic rings. The van der Waals surface area contributed by atoms with Crippen molar-refractivity contribution in [3.8, 4) is 0 Å². The second-order valence-corrected chi connectivity index (χ2v) is 6.45. The summed E-state index contributed by atoms with van der Waals surface area (Å²) >= 11 is 4.62. The van der Waals surface area contributed by atoms with Crippen molar-refractivity contribution in [3.63, 3.8) is 0 Å². The number of thiol groups is 1. The molecule has 0 bridgehead atoms. The SMILES string of the molecule is SCC1(Cn2c3ccccc3c3ccccc32)CCC1. The van der Waals surface area contributed by atoms with Crippen LogP contribution in [-0.2, 0) is 6.54 Å². The molecule has 1 aromatic heterocycles. The maximum Gasteiger partial charge on any atom is 0.0491 e. The number of benzene rings is 2. The van der Waals surface area contributed by atoms with Crippen LogP contribution >= 0.6 is 12.6 Å². The molecule has 0 radical (unpaired) electrons. The van der Waals surface area contributed by atoms with Crippen LogP contribution in [0.4, 0.5) is 0 Å². The van der Waals surface area contributed by atoms with E-state index >= 15 is 0 Å². The lowest BCUT2D eigenvalue weighted by Crippen LogP contribution is -2.35. The molecular formula is C18H19NS. The summed E-state index contributed by atoms with van der Waals surface area (Å²) in [5, 5.41) is 2.74. The number of para-hydroxylation sites is 2. The lowest BCUT2D eigenvalue weighted by atomic mass is 9.70. The van der Waals surface area contributed by atoms with Gasteiger partial charge in [-0.1, -0.05) is 42.8 Å². The van der Waals surface area contributed by atoms with Crippen LogP contribution in [0.25, 0.3) is 21.8 Å². The molecule has 1 heterocycles. The van der Waals surface area contributed by atoms with Gasteiger partial charge in [-0.05, 0) is 36.1 Å². The molecule has 0 atom stereocenters. The minimum Gasteiger partial charge on any atom is -0.340 e. The highest BCUT2D eigenvalue weighted by Gasteiger charge is 2.36. The van der Waals surface area contributed by atoms with E-state index in [1.54, 1.807) is 0 Å². The van der Waals surface area contributed by atoms with Crippen molar-refractivity contribution in [1.29, 1.82) is 0 Å². The van der Waals surface area contributed by atoms with Gasteiger partial charge >= 0.3 is 0 Å². The van der Waals surface area contributed by atoms with Crippen LogP contribution in [0.5, 0.6) is 0 Å². The summed E-state index contributed by atoms with van der Waals surface area (Å²) in [5.41, 5.74) is 3.14. The first-order chi connectivity index (χ1) is 9.83. The first kappa shape index (κ1) is 12.3. The van der Waals surface area contributed by atoms with Crippen LogP contribution in [0.2, 0.25) is 0 Å². The molecule has 0 unspecified atom stereocenters. The number of fused-ring (bicyclic) bond motifs is 3. The summed E-state index contributed by atoms with van der Waals surface area (Å²) in [6.07, 6.45) is 3.99. The molecule has 0 saturated heterocycles. The Morgan fingerprint density at radius 2 is 1.45 bits per heavy atom. The molecule has 20 heavy (non-hydrogen) atoms. The zero-order valence-electron chi connectivity index (χ0n) is 11.5. The normalized spacial score (nSPS) is 17.4. The number of hydrogen-bond donors (Lipinski definition) is 1. The smallest absolute Gasteiger partial charge is 0.0491 e. The zero-order valence-corrected chi connectivity index (χ0v) is 12.4. The van der Waals surface area contributed by atoms with Gasteiger partial charge in [0.15, 0.2) is 0 Å². The zero-order chi connectivity index (χ0) is 13.6. The van der Waals surface area contributed by atoms with Gasteiger partial charge in [-0.2, -0.15) is 12.6 Å². The number of nitrogens with zero attached hydrogens (tertiary/aromatic N) is 1. The van der Waals surface area contributed by atoms with E-state index in [1.807, 2.05) is 0 Å². The van der Waals surface area contributed by atoms with Crippen LogP contribution in [0.1, 0.15) is 19.3 Å². The predicted molar refractivity (Wildman–Crippen MR) is 89.6 cm³/mol. The molecule has 0 aliphatic heterocycles. The Kier molecular flexibility index (Phi) is 2.81. The Balaban J connectivity index is 1.96. The average Bonchev–Trinajstić information content (AvgIpc) is 2.77. The van der Waals surface area contributed by atoms with Gasteiger partial charge in [0.1, 0.15) is 0 Å². The minimum atomic E-state index is 0.410. The van der Waals surface area contributed by atoms with Gasteiger partial charge in [-0.15, -0.1) is 0 Å². The first-order valence-electron chi connectivity index (χ1n) is 7.40. The third kappa shape index (κ3) is 1.71. The second-order valence-electron chi connectivity index (χ2n) is 6.13. The molecule has 1 aliphatic carbocycles. The van der Waals surface area contributed by atoms with Gasteiger partial charge < -0.3 is 4.57 Å². The molecular weight excluding hydrogens is 262 g/mol. The van der Waals surface area contributed by atoms with Crippen molar-refractivity contribution >= 4 is 34.4 Å². The first-order valence-corrected chi connectivity index (χ1v) is 8.03. The summed E-state index contributed by atoms with van der Waals surface area (Å²) in [7, 11) is 0. The van der Waals surface area contributed by atoms with Crippen LogP contribution in [-0.4, -0.2) is 10.3 Å². The molecule has 0 amide bonds. The lowest BCUT2D eigenvalue weighted by Gasteiger charge is -2.41. The van der Waals surface area contributed by atoms with Gasteiger partial charge in [0, 0.05) is 28.4 Å². The van der Waals surface area contributed by atoms with E-state index in [4.69, 9.17) is 0 Å². The van der Waals surface area contributed by atoms with Gasteiger partial charge in [0.05, 0.1) is 0 Å². The summed E-state index contributed by atoms with van der Waals surface area (Å²) in [5.74, 6) is 0.994. The van der Waals surface area contributed by atoms with Crippen LogP contribution in [0.3, 0.4) is 0 Å². The van der Waals surface area contributed by atoms with E-state index in [1.165, 1.54) is 41.1 Å². The van der Waals surface area contributed by atoms with Crippen molar-refractivity contribution in [1.82, 2.24) is 4.57 Å². The molecule has 1 nitrogen and oxygen atoms in total. The summed E-state index contributed by atoms with van der Waals surface area (Å²) in [6, 6.07) is 17.5. The lowest BCUT2D eigenvalue weighted by molar-refractivity contribution is 0.143. The van der Waals surface area contributed by atoms with Gasteiger partial charge in [-0.3, -0.25) is 0 Å². The minimum absolute atomic E-state index is 0.410. The fraction of sp³-hybridized carbons (Fsp3) is 0.333. The predicted octanol–water partition coefficient (Wildman–Crippen LogP) is 4.89. The highest BCUT2D eigenvalue weighted by atomic mass is 32.1. The standard InChI is InChI=1S/C18H19NS/c20-13-18(10-5-11-18)12-19-16-8-3-1-6-14(16)15-7-2-4-9-17(15)19/h1-4,6-9,20H,5,10-13H2. The topological polar surface area (TPSA) is 4.93 Å². The Bertz CT molecular complexity index is 709. The molecule has 4 rings (SSSR count). The maximum absolute atomic E-state index is 4.62. The molecule has 1 fully saturated rings. The molecule has 0 N–H and O–H groups in total. The summed E-state index contributed by atoms with van der Waals surface area (Å²) in [4.78, 5) is 0. The van der Waals surface area contributed by atoms with E-state index in [0.29, 0.717) is 5.41 Å². The third-order valence-electron chi connectivity index (χ3n) is 4.92. The monoisotopic (exact) mass is 281 g/mol. The van der Waals surface area contributed by atoms with Crippen molar-refractivity contribution in [2.24, 2.45) is 5.41 Å². The van der Waals surface area contributed by atoms with E-state index in [9.17, 15) is 0 Å². The Morgan fingerprint density at radius 1 is 0.900 bits per heavy atom. The maximum atomic E-state index is 4.62. The summed E-state index contributed by atoms with van der Waals surface area (Å²) < 4.78 is 2.51. The third-order valence-corrected chi connectivity index (χ3v) is 5.59. The Labute approximate surface area is 125 Å². The molecule has 102 valence electrons. The Morgan fingerprint density at radius 3 is 1.90 bits per heavy atom.